The second-order valence-electron chi connectivity index (χ2n) is 7.49. The largest absolute Gasteiger partial charge is 0.255 e. The van der Waals surface area contributed by atoms with Gasteiger partial charge < -0.3 is 0 Å². The smallest absolute Gasteiger partial charge is 0.0131 e. The van der Waals surface area contributed by atoms with E-state index in [1.165, 1.54) is 64.6 Å². The molecular weight excluding hydrogens is 220 g/mol. The first-order chi connectivity index (χ1) is 8.55. The van der Waals surface area contributed by atoms with E-state index in [1.807, 2.05) is 0 Å². The molecule has 2 rings (SSSR count). The van der Waals surface area contributed by atoms with Crippen molar-refractivity contribution < 1.29 is 0 Å². The fraction of sp³-hybridized carbons (Fsp3) is 1.00. The van der Waals surface area contributed by atoms with Crippen LogP contribution in [0, 0.1) is 17.3 Å². The molecule has 2 fully saturated rings. The molecule has 0 aromatic rings. The minimum absolute atomic E-state index is 0.519. The molecule has 0 spiro atoms. The van der Waals surface area contributed by atoms with Crippen molar-refractivity contribution in [3.05, 3.63) is 0 Å². The van der Waals surface area contributed by atoms with Crippen LogP contribution in [0.3, 0.4) is 0 Å². The van der Waals surface area contributed by atoms with E-state index in [9.17, 15) is 0 Å². The summed E-state index contributed by atoms with van der Waals surface area (Å²) in [7, 11) is 0. The maximum Gasteiger partial charge on any atom is 0.0131 e. The zero-order valence-corrected chi connectivity index (χ0v) is 12.7. The molecule has 106 valence electrons. The van der Waals surface area contributed by atoms with Gasteiger partial charge in [-0.1, -0.05) is 27.2 Å². The van der Waals surface area contributed by atoms with Gasteiger partial charge in [-0.25, -0.2) is 5.01 Å². The molecule has 1 aliphatic heterocycles. The molecule has 2 nitrogen and oxygen atoms in total. The number of rotatable bonds is 3. The summed E-state index contributed by atoms with van der Waals surface area (Å²) in [4.78, 5) is 0. The SMILES string of the molecule is CC(C)(C)C1CCC(CNN2CCCCC2)CC1. The van der Waals surface area contributed by atoms with E-state index in [2.05, 4.69) is 31.2 Å². The molecule has 0 unspecified atom stereocenters. The Morgan fingerprint density at radius 3 is 2.11 bits per heavy atom. The molecule has 1 saturated carbocycles. The monoisotopic (exact) mass is 252 g/mol. The molecule has 0 aromatic carbocycles. The van der Waals surface area contributed by atoms with E-state index in [-0.39, 0.29) is 0 Å². The maximum atomic E-state index is 3.68. The van der Waals surface area contributed by atoms with Crippen LogP contribution in [-0.4, -0.2) is 24.6 Å². The first-order valence-corrected chi connectivity index (χ1v) is 8.04. The van der Waals surface area contributed by atoms with Gasteiger partial charge in [-0.15, -0.1) is 0 Å². The van der Waals surface area contributed by atoms with Crippen LogP contribution in [0.2, 0.25) is 0 Å². The molecular formula is C16H32N2. The van der Waals surface area contributed by atoms with Crippen molar-refractivity contribution in [3.63, 3.8) is 0 Å². The van der Waals surface area contributed by atoms with Crippen LogP contribution in [0.5, 0.6) is 0 Å². The molecule has 0 bridgehead atoms. The van der Waals surface area contributed by atoms with Crippen LogP contribution in [0.1, 0.15) is 65.7 Å². The van der Waals surface area contributed by atoms with E-state index in [0.717, 1.165) is 11.8 Å². The van der Waals surface area contributed by atoms with Gasteiger partial charge >= 0.3 is 0 Å². The minimum atomic E-state index is 0.519. The van der Waals surface area contributed by atoms with Crippen molar-refractivity contribution in [2.24, 2.45) is 17.3 Å². The number of piperidine rings is 1. The minimum Gasteiger partial charge on any atom is -0.255 e. The molecule has 1 heterocycles. The molecule has 0 amide bonds. The zero-order chi connectivity index (χ0) is 13.0. The highest BCUT2D eigenvalue weighted by Crippen LogP contribution is 2.39. The van der Waals surface area contributed by atoms with E-state index >= 15 is 0 Å². The predicted molar refractivity (Wildman–Crippen MR) is 78.3 cm³/mol. The number of hydrogen-bond acceptors (Lipinski definition) is 2. The van der Waals surface area contributed by atoms with Gasteiger partial charge in [0.25, 0.3) is 0 Å². The van der Waals surface area contributed by atoms with Crippen molar-refractivity contribution in [3.8, 4) is 0 Å². The normalized spacial score (nSPS) is 31.5. The van der Waals surface area contributed by atoms with Crippen molar-refractivity contribution in [1.29, 1.82) is 0 Å². The molecule has 1 aliphatic carbocycles. The van der Waals surface area contributed by atoms with E-state index < -0.39 is 0 Å². The fourth-order valence-corrected chi connectivity index (χ4v) is 3.54. The second kappa shape index (κ2) is 6.38. The van der Waals surface area contributed by atoms with E-state index in [0.29, 0.717) is 5.41 Å². The van der Waals surface area contributed by atoms with Gasteiger partial charge in [0.1, 0.15) is 0 Å². The molecule has 2 heteroatoms. The average Bonchev–Trinajstić information content (AvgIpc) is 2.37. The summed E-state index contributed by atoms with van der Waals surface area (Å²) in [5, 5.41) is 2.46. The Morgan fingerprint density at radius 2 is 1.56 bits per heavy atom. The zero-order valence-electron chi connectivity index (χ0n) is 12.7. The molecule has 1 N–H and O–H groups in total. The number of nitrogens with one attached hydrogen (secondary N) is 1. The van der Waals surface area contributed by atoms with Crippen LogP contribution in [0.15, 0.2) is 0 Å². The summed E-state index contributed by atoms with van der Waals surface area (Å²) in [5.74, 6) is 1.87. The molecule has 0 aromatic heterocycles. The molecule has 2 aliphatic rings. The summed E-state index contributed by atoms with van der Waals surface area (Å²) >= 11 is 0. The van der Waals surface area contributed by atoms with Gasteiger partial charge in [-0.3, -0.25) is 5.43 Å². The summed E-state index contributed by atoms with van der Waals surface area (Å²) in [5.41, 5.74) is 4.20. The fourth-order valence-electron chi connectivity index (χ4n) is 3.54. The Hall–Kier alpha value is -0.0800. The molecule has 0 atom stereocenters. The quantitative estimate of drug-likeness (QED) is 0.821. The molecule has 1 saturated heterocycles. The Labute approximate surface area is 113 Å². The van der Waals surface area contributed by atoms with E-state index in [4.69, 9.17) is 0 Å². The average molecular weight is 252 g/mol. The summed E-state index contributed by atoms with van der Waals surface area (Å²) in [6, 6.07) is 0. The summed E-state index contributed by atoms with van der Waals surface area (Å²) in [6.45, 7) is 11.0. The highest BCUT2D eigenvalue weighted by atomic mass is 15.5. The van der Waals surface area contributed by atoms with Crippen molar-refractivity contribution in [1.82, 2.24) is 10.4 Å². The highest BCUT2D eigenvalue weighted by molar-refractivity contribution is 4.81. The van der Waals surface area contributed by atoms with Gasteiger partial charge in [0.15, 0.2) is 0 Å². The van der Waals surface area contributed by atoms with Crippen LogP contribution in [-0.2, 0) is 0 Å². The Balaban J connectivity index is 1.64. The second-order valence-corrected chi connectivity index (χ2v) is 7.49. The Morgan fingerprint density at radius 1 is 0.944 bits per heavy atom. The van der Waals surface area contributed by atoms with Crippen LogP contribution >= 0.6 is 0 Å². The standard InChI is InChI=1S/C16H32N2/c1-16(2,3)15-9-7-14(8-10-15)13-17-18-11-5-4-6-12-18/h14-15,17H,4-13H2,1-3H3. The van der Waals surface area contributed by atoms with Crippen molar-refractivity contribution in [2.75, 3.05) is 19.6 Å². The Bertz CT molecular complexity index is 230. The third-order valence-corrected chi connectivity index (χ3v) is 5.03. The third-order valence-electron chi connectivity index (χ3n) is 5.03. The number of hydrazine groups is 1. The van der Waals surface area contributed by atoms with Crippen LogP contribution in [0.4, 0.5) is 0 Å². The maximum absolute atomic E-state index is 3.68. The summed E-state index contributed by atoms with van der Waals surface area (Å²) < 4.78 is 0. The van der Waals surface area contributed by atoms with Gasteiger partial charge in [-0.05, 0) is 55.8 Å². The lowest BCUT2D eigenvalue weighted by Crippen LogP contribution is -2.44. The highest BCUT2D eigenvalue weighted by Gasteiger charge is 2.29. The third kappa shape index (κ3) is 4.24. The predicted octanol–water partition coefficient (Wildman–Crippen LogP) is 3.83. The van der Waals surface area contributed by atoms with Crippen LogP contribution in [0.25, 0.3) is 0 Å². The van der Waals surface area contributed by atoms with Gasteiger partial charge in [0.2, 0.25) is 0 Å². The van der Waals surface area contributed by atoms with Crippen LogP contribution < -0.4 is 5.43 Å². The Kier molecular flexibility index (Phi) is 5.08. The lowest BCUT2D eigenvalue weighted by Gasteiger charge is -2.38. The van der Waals surface area contributed by atoms with Gasteiger partial charge in [-0.2, -0.15) is 0 Å². The first kappa shape index (κ1) is 14.3. The van der Waals surface area contributed by atoms with Crippen molar-refractivity contribution >= 4 is 0 Å². The van der Waals surface area contributed by atoms with Gasteiger partial charge in [0, 0.05) is 19.6 Å². The van der Waals surface area contributed by atoms with Gasteiger partial charge in [0.05, 0.1) is 0 Å². The molecule has 18 heavy (non-hydrogen) atoms. The topological polar surface area (TPSA) is 15.3 Å². The first-order valence-electron chi connectivity index (χ1n) is 8.04. The number of hydrogen-bond donors (Lipinski definition) is 1. The number of nitrogens with zero attached hydrogens (tertiary/aromatic N) is 1. The van der Waals surface area contributed by atoms with Crippen molar-refractivity contribution in [2.45, 2.75) is 65.7 Å². The lowest BCUT2D eigenvalue weighted by molar-refractivity contribution is 0.111. The summed E-state index contributed by atoms with van der Waals surface area (Å²) in [6.07, 6.45) is 9.93. The lowest BCUT2D eigenvalue weighted by atomic mass is 9.70. The molecule has 0 radical (unpaired) electrons. The van der Waals surface area contributed by atoms with E-state index in [1.54, 1.807) is 0 Å².